The summed E-state index contributed by atoms with van der Waals surface area (Å²) in [5, 5.41) is 19.0. The topological polar surface area (TPSA) is 88.8 Å². The Balaban J connectivity index is 3.12. The van der Waals surface area contributed by atoms with E-state index in [1.165, 1.54) is 27.0 Å². The Labute approximate surface area is 136 Å². The van der Waals surface area contributed by atoms with E-state index in [-0.39, 0.29) is 29.2 Å². The molecule has 1 aromatic rings. The van der Waals surface area contributed by atoms with Crippen LogP contribution in [-0.4, -0.2) is 32.6 Å². The summed E-state index contributed by atoms with van der Waals surface area (Å²) in [5.74, 6) is 0.447. The molecule has 0 radical (unpaired) electrons. The van der Waals surface area contributed by atoms with Gasteiger partial charge in [-0.1, -0.05) is 12.2 Å². The van der Waals surface area contributed by atoms with Crippen LogP contribution in [0.5, 0.6) is 17.2 Å². The van der Waals surface area contributed by atoms with Crippen LogP contribution in [0.1, 0.15) is 12.5 Å². The van der Waals surface area contributed by atoms with E-state index in [1.807, 2.05) is 6.07 Å². The number of ether oxygens (including phenoxy) is 2. The first kappa shape index (κ1) is 18.8. The van der Waals surface area contributed by atoms with Crippen LogP contribution in [0.2, 0.25) is 0 Å². The Morgan fingerprint density at radius 1 is 1.35 bits per heavy atom. The molecule has 0 aliphatic carbocycles. The van der Waals surface area contributed by atoms with Gasteiger partial charge in [0.2, 0.25) is 13.1 Å². The molecule has 124 valence electrons. The molecule has 0 amide bonds. The van der Waals surface area contributed by atoms with Gasteiger partial charge < -0.3 is 19.1 Å². The van der Waals surface area contributed by atoms with E-state index in [1.54, 1.807) is 31.2 Å². The fourth-order valence-corrected chi connectivity index (χ4v) is 3.01. The summed E-state index contributed by atoms with van der Waals surface area (Å²) in [6.07, 6.45) is 4.70. The molecule has 0 spiro atoms. The zero-order chi connectivity index (χ0) is 17.5. The maximum absolute atomic E-state index is 12.2. The van der Waals surface area contributed by atoms with E-state index in [2.05, 4.69) is 0 Å². The number of hydrogen-bond donors (Lipinski definition) is 1. The average Bonchev–Trinajstić information content (AvgIpc) is 2.52. The number of phenolic OH excluding ortho intramolecular Hbond substituents is 1. The van der Waals surface area contributed by atoms with Crippen molar-refractivity contribution in [3.63, 3.8) is 0 Å². The van der Waals surface area contributed by atoms with Crippen molar-refractivity contribution in [2.24, 2.45) is 0 Å². The van der Waals surface area contributed by atoms with Gasteiger partial charge in [-0.3, -0.25) is 4.57 Å². The highest BCUT2D eigenvalue weighted by Gasteiger charge is 2.20. The van der Waals surface area contributed by atoms with Gasteiger partial charge in [-0.25, -0.2) is 0 Å². The lowest BCUT2D eigenvalue weighted by molar-refractivity contribution is 0.340. The SMILES string of the molecule is CCOP(C)(=O)/C(C#N)=C/C=C/c1cc(OC)c(O)c(OC)c1. The zero-order valence-electron chi connectivity index (χ0n) is 13.6. The first-order valence-corrected chi connectivity index (χ1v) is 8.92. The third kappa shape index (κ3) is 4.88. The lowest BCUT2D eigenvalue weighted by Gasteiger charge is -2.10. The molecule has 0 saturated carbocycles. The molecule has 6 nitrogen and oxygen atoms in total. The summed E-state index contributed by atoms with van der Waals surface area (Å²) >= 11 is 0. The molecular weight excluding hydrogens is 317 g/mol. The van der Waals surface area contributed by atoms with Gasteiger partial charge in [0.1, 0.15) is 11.4 Å². The highest BCUT2D eigenvalue weighted by molar-refractivity contribution is 7.63. The molecule has 1 rings (SSSR count). The Bertz CT molecular complexity index is 678. The van der Waals surface area contributed by atoms with E-state index < -0.39 is 7.37 Å². The standard InChI is InChI=1S/C16H20NO5P/c1-5-22-23(4,19)13(11-17)8-6-7-12-9-14(20-2)16(18)15(10-12)21-3/h6-10,18H,5H2,1-4H3/b7-6+,13-8+. The van der Waals surface area contributed by atoms with Crippen LogP contribution < -0.4 is 9.47 Å². The number of allylic oxidation sites excluding steroid dienone is 3. The van der Waals surface area contributed by atoms with E-state index in [0.29, 0.717) is 5.56 Å². The lowest BCUT2D eigenvalue weighted by atomic mass is 10.1. The van der Waals surface area contributed by atoms with Crippen molar-refractivity contribution in [1.82, 2.24) is 0 Å². The Morgan fingerprint density at radius 2 is 1.91 bits per heavy atom. The van der Waals surface area contributed by atoms with Crippen molar-refractivity contribution in [2.45, 2.75) is 6.92 Å². The van der Waals surface area contributed by atoms with Crippen molar-refractivity contribution in [1.29, 1.82) is 5.26 Å². The summed E-state index contributed by atoms with van der Waals surface area (Å²) in [5.41, 5.74) is 0.687. The largest absolute Gasteiger partial charge is 0.502 e. The van der Waals surface area contributed by atoms with Gasteiger partial charge in [0.05, 0.1) is 20.8 Å². The van der Waals surface area contributed by atoms with Crippen molar-refractivity contribution < 1.29 is 23.7 Å². The number of hydrogen-bond acceptors (Lipinski definition) is 6. The second kappa shape index (κ2) is 8.42. The van der Waals surface area contributed by atoms with Gasteiger partial charge in [0, 0.05) is 6.66 Å². The molecule has 0 saturated heterocycles. The summed E-state index contributed by atoms with van der Waals surface area (Å²) in [6, 6.07) is 5.13. The number of phenols is 1. The van der Waals surface area contributed by atoms with E-state index in [9.17, 15) is 9.67 Å². The van der Waals surface area contributed by atoms with Crippen LogP contribution in [0.3, 0.4) is 0 Å². The predicted octanol–water partition coefficient (Wildman–Crippen LogP) is 3.77. The van der Waals surface area contributed by atoms with Gasteiger partial charge in [0.15, 0.2) is 11.5 Å². The molecule has 1 N–H and O–H groups in total. The first-order chi connectivity index (χ1) is 10.9. The molecule has 1 atom stereocenters. The van der Waals surface area contributed by atoms with Crippen LogP contribution in [0.15, 0.2) is 29.6 Å². The molecule has 0 aliphatic rings. The van der Waals surface area contributed by atoms with Crippen LogP contribution in [0.25, 0.3) is 6.08 Å². The number of methoxy groups -OCH3 is 2. The highest BCUT2D eigenvalue weighted by Crippen LogP contribution is 2.50. The highest BCUT2D eigenvalue weighted by atomic mass is 31.2. The van der Waals surface area contributed by atoms with Crippen molar-refractivity contribution in [3.8, 4) is 23.3 Å². The molecule has 23 heavy (non-hydrogen) atoms. The van der Waals surface area contributed by atoms with Crippen LogP contribution in [0, 0.1) is 11.3 Å². The molecule has 1 aromatic carbocycles. The summed E-state index contributed by atoms with van der Waals surface area (Å²) in [4.78, 5) is 0. The number of nitrogens with zero attached hydrogens (tertiary/aromatic N) is 1. The van der Waals surface area contributed by atoms with Gasteiger partial charge in [-0.2, -0.15) is 5.26 Å². The molecule has 0 bridgehead atoms. The Morgan fingerprint density at radius 3 is 2.35 bits per heavy atom. The van der Waals surface area contributed by atoms with Crippen molar-refractivity contribution >= 4 is 13.4 Å². The van der Waals surface area contributed by atoms with Crippen LogP contribution in [-0.2, 0) is 9.09 Å². The maximum atomic E-state index is 12.2. The molecule has 0 aliphatic heterocycles. The number of benzene rings is 1. The molecule has 1 unspecified atom stereocenters. The number of rotatable bonds is 7. The minimum atomic E-state index is -3.10. The molecule has 0 fully saturated rings. The van der Waals surface area contributed by atoms with Crippen LogP contribution >= 0.6 is 7.37 Å². The quantitative estimate of drug-likeness (QED) is 0.463. The van der Waals surface area contributed by atoms with Crippen molar-refractivity contribution in [2.75, 3.05) is 27.5 Å². The molecule has 7 heteroatoms. The van der Waals surface area contributed by atoms with Gasteiger partial charge in [-0.05, 0) is 30.7 Å². The first-order valence-electron chi connectivity index (χ1n) is 6.85. The lowest BCUT2D eigenvalue weighted by Crippen LogP contribution is -1.90. The van der Waals surface area contributed by atoms with E-state index in [4.69, 9.17) is 19.3 Å². The third-order valence-corrected chi connectivity index (χ3v) is 4.85. The average molecular weight is 337 g/mol. The van der Waals surface area contributed by atoms with Crippen molar-refractivity contribution in [3.05, 3.63) is 35.2 Å². The minimum absolute atomic E-state index is 0.0771. The van der Waals surface area contributed by atoms with E-state index >= 15 is 0 Å². The van der Waals surface area contributed by atoms with Gasteiger partial charge in [-0.15, -0.1) is 0 Å². The summed E-state index contributed by atoms with van der Waals surface area (Å²) < 4.78 is 27.5. The number of nitriles is 1. The smallest absolute Gasteiger partial charge is 0.239 e. The monoisotopic (exact) mass is 337 g/mol. The maximum Gasteiger partial charge on any atom is 0.239 e. The van der Waals surface area contributed by atoms with E-state index in [0.717, 1.165) is 0 Å². The fraction of sp³-hybridized carbons (Fsp3) is 0.312. The summed E-state index contributed by atoms with van der Waals surface area (Å²) in [7, 11) is -0.232. The fourth-order valence-electron chi connectivity index (χ4n) is 1.84. The Kier molecular flexibility index (Phi) is 6.89. The zero-order valence-corrected chi connectivity index (χ0v) is 14.5. The normalized spacial score (nSPS) is 14.3. The predicted molar refractivity (Wildman–Crippen MR) is 89.1 cm³/mol. The second-order valence-corrected chi connectivity index (χ2v) is 6.99. The molecule has 0 heterocycles. The number of aromatic hydroxyl groups is 1. The minimum Gasteiger partial charge on any atom is -0.502 e. The molecule has 0 aromatic heterocycles. The Hall–Kier alpha value is -2.22. The van der Waals surface area contributed by atoms with Crippen LogP contribution in [0.4, 0.5) is 0 Å². The van der Waals surface area contributed by atoms with Gasteiger partial charge in [0.25, 0.3) is 0 Å². The van der Waals surface area contributed by atoms with Gasteiger partial charge >= 0.3 is 0 Å². The molecular formula is C16H20NO5P. The third-order valence-electron chi connectivity index (χ3n) is 2.97. The second-order valence-electron chi connectivity index (χ2n) is 4.56. The summed E-state index contributed by atoms with van der Waals surface area (Å²) in [6.45, 7) is 3.39.